The smallest absolute Gasteiger partial charge is 0.262 e. The minimum Gasteiger partial charge on any atom is -0.493 e. The third-order valence-electron chi connectivity index (χ3n) is 3.49. The summed E-state index contributed by atoms with van der Waals surface area (Å²) in [5.74, 6) is 1.47. The van der Waals surface area contributed by atoms with Crippen LogP contribution >= 0.6 is 12.4 Å². The van der Waals surface area contributed by atoms with E-state index >= 15 is 0 Å². The molecule has 138 valence electrons. The van der Waals surface area contributed by atoms with Crippen LogP contribution in [0.2, 0.25) is 0 Å². The summed E-state index contributed by atoms with van der Waals surface area (Å²) in [5, 5.41) is 3.31. The van der Waals surface area contributed by atoms with Crippen molar-refractivity contribution in [1.82, 2.24) is 19.9 Å². The first kappa shape index (κ1) is 19.6. The quantitative estimate of drug-likeness (QED) is 0.576. The zero-order valence-electron chi connectivity index (χ0n) is 14.4. The van der Waals surface area contributed by atoms with E-state index in [9.17, 15) is 4.79 Å². The summed E-state index contributed by atoms with van der Waals surface area (Å²) in [6.45, 7) is 3.61. The maximum absolute atomic E-state index is 12.4. The van der Waals surface area contributed by atoms with Gasteiger partial charge in [0.15, 0.2) is 5.65 Å². The minimum atomic E-state index is -0.296. The molecule has 3 aromatic rings. The molecule has 0 fully saturated rings. The molecule has 0 amide bonds. The van der Waals surface area contributed by atoms with Gasteiger partial charge in [0, 0.05) is 19.3 Å². The van der Waals surface area contributed by atoms with Crippen LogP contribution in [-0.2, 0) is 0 Å². The summed E-state index contributed by atoms with van der Waals surface area (Å²) < 4.78 is 5.75. The van der Waals surface area contributed by atoms with Crippen LogP contribution in [0.3, 0.4) is 0 Å². The van der Waals surface area contributed by atoms with Gasteiger partial charge in [-0.25, -0.2) is 9.97 Å². The Hall–Kier alpha value is -2.71. The summed E-state index contributed by atoms with van der Waals surface area (Å²) >= 11 is 0. The summed E-state index contributed by atoms with van der Waals surface area (Å²) in [7, 11) is 0. The molecule has 0 spiro atoms. The molecule has 26 heavy (non-hydrogen) atoms. The van der Waals surface area contributed by atoms with Gasteiger partial charge in [0.25, 0.3) is 5.56 Å². The molecule has 0 saturated carbocycles. The number of rotatable bonds is 7. The van der Waals surface area contributed by atoms with Gasteiger partial charge < -0.3 is 20.8 Å². The summed E-state index contributed by atoms with van der Waals surface area (Å²) in [4.78, 5) is 28.0. The van der Waals surface area contributed by atoms with Crippen LogP contribution in [0.15, 0.2) is 35.3 Å². The van der Waals surface area contributed by atoms with Crippen molar-refractivity contribution in [3.63, 3.8) is 0 Å². The van der Waals surface area contributed by atoms with Crippen molar-refractivity contribution in [2.45, 2.75) is 13.3 Å². The van der Waals surface area contributed by atoms with Gasteiger partial charge >= 0.3 is 0 Å². The van der Waals surface area contributed by atoms with E-state index in [1.165, 1.54) is 6.20 Å². The Labute approximate surface area is 156 Å². The lowest BCUT2D eigenvalue weighted by Crippen LogP contribution is -2.16. The third-order valence-corrected chi connectivity index (χ3v) is 3.49. The minimum absolute atomic E-state index is 0. The van der Waals surface area contributed by atoms with Crippen molar-refractivity contribution in [2.24, 2.45) is 5.73 Å². The molecule has 9 heteroatoms. The van der Waals surface area contributed by atoms with Crippen LogP contribution < -0.4 is 21.3 Å². The Morgan fingerprint density at radius 3 is 2.85 bits per heavy atom. The van der Waals surface area contributed by atoms with Crippen LogP contribution in [-0.4, -0.2) is 39.6 Å². The van der Waals surface area contributed by atoms with Crippen molar-refractivity contribution in [3.05, 3.63) is 40.8 Å². The Balaban J connectivity index is 0.00000243. The molecule has 2 heterocycles. The first-order valence-electron chi connectivity index (χ1n) is 8.16. The van der Waals surface area contributed by atoms with Crippen LogP contribution in [0.5, 0.6) is 5.75 Å². The molecule has 3 rings (SSSR count). The highest BCUT2D eigenvalue weighted by atomic mass is 35.5. The van der Waals surface area contributed by atoms with E-state index in [4.69, 9.17) is 10.5 Å². The highest BCUT2D eigenvalue weighted by Crippen LogP contribution is 2.27. The van der Waals surface area contributed by atoms with Crippen molar-refractivity contribution in [1.29, 1.82) is 0 Å². The average Bonchev–Trinajstić information content (AvgIpc) is 2.64. The predicted molar refractivity (Wildman–Crippen MR) is 104 cm³/mol. The Bertz CT molecular complexity index is 931. The number of aromatic amines is 1. The van der Waals surface area contributed by atoms with Gasteiger partial charge in [0.1, 0.15) is 17.0 Å². The maximum atomic E-state index is 12.4. The molecule has 0 aliphatic heterocycles. The largest absolute Gasteiger partial charge is 0.493 e. The molecule has 0 aliphatic carbocycles. The lowest BCUT2D eigenvalue weighted by molar-refractivity contribution is 0.318. The van der Waals surface area contributed by atoms with Crippen LogP contribution in [0.4, 0.5) is 5.95 Å². The molecule has 8 nitrogen and oxygen atoms in total. The number of aromatic nitrogens is 4. The van der Waals surface area contributed by atoms with Gasteiger partial charge in [-0.2, -0.15) is 4.98 Å². The van der Waals surface area contributed by atoms with Crippen molar-refractivity contribution in [3.8, 4) is 17.1 Å². The van der Waals surface area contributed by atoms with Crippen molar-refractivity contribution >= 4 is 29.4 Å². The van der Waals surface area contributed by atoms with Gasteiger partial charge in [0.2, 0.25) is 5.95 Å². The fourth-order valence-corrected chi connectivity index (χ4v) is 2.32. The molecule has 0 saturated heterocycles. The van der Waals surface area contributed by atoms with Crippen LogP contribution in [0.1, 0.15) is 13.3 Å². The van der Waals surface area contributed by atoms with E-state index in [-0.39, 0.29) is 18.0 Å². The summed E-state index contributed by atoms with van der Waals surface area (Å²) in [6, 6.07) is 7.45. The van der Waals surface area contributed by atoms with Gasteiger partial charge in [-0.05, 0) is 18.6 Å². The van der Waals surface area contributed by atoms with E-state index < -0.39 is 0 Å². The molecule has 4 N–H and O–H groups in total. The average molecular weight is 377 g/mol. The molecule has 1 aromatic carbocycles. The number of nitrogens with one attached hydrogen (secondary N) is 2. The lowest BCUT2D eigenvalue weighted by atomic mass is 10.2. The van der Waals surface area contributed by atoms with Gasteiger partial charge in [-0.15, -0.1) is 12.4 Å². The molecule has 0 aliphatic rings. The van der Waals surface area contributed by atoms with E-state index in [0.29, 0.717) is 53.8 Å². The van der Waals surface area contributed by atoms with Gasteiger partial charge in [-0.3, -0.25) is 4.79 Å². The number of halogens is 1. The fraction of sp³-hybridized carbons (Fsp3) is 0.294. The monoisotopic (exact) mass is 376 g/mol. The van der Waals surface area contributed by atoms with Crippen LogP contribution in [0.25, 0.3) is 22.4 Å². The highest BCUT2D eigenvalue weighted by molar-refractivity contribution is 5.85. The molecule has 0 unspecified atom stereocenters. The summed E-state index contributed by atoms with van der Waals surface area (Å²) in [5.41, 5.74) is 6.20. The first-order valence-corrected chi connectivity index (χ1v) is 8.16. The molecule has 0 bridgehead atoms. The SMILES string of the molecule is CCCOc1ccccc1-c1nc2nc(NCCN)ncc2c(=O)[nH]1.Cl. The number of nitrogens with two attached hydrogens (primary N) is 1. The second kappa shape index (κ2) is 9.12. The fourth-order valence-electron chi connectivity index (χ4n) is 2.32. The third kappa shape index (κ3) is 4.27. The first-order chi connectivity index (χ1) is 12.2. The Morgan fingerprint density at radius 1 is 1.27 bits per heavy atom. The number of hydrogen-bond donors (Lipinski definition) is 3. The van der Waals surface area contributed by atoms with Crippen LogP contribution in [0, 0.1) is 0 Å². The number of para-hydroxylation sites is 1. The Morgan fingerprint density at radius 2 is 2.08 bits per heavy atom. The molecule has 0 atom stereocenters. The topological polar surface area (TPSA) is 119 Å². The van der Waals surface area contributed by atoms with E-state index in [2.05, 4.69) is 25.3 Å². The van der Waals surface area contributed by atoms with Gasteiger partial charge in [-0.1, -0.05) is 19.1 Å². The molecule has 2 aromatic heterocycles. The lowest BCUT2D eigenvalue weighted by Gasteiger charge is -2.10. The number of benzene rings is 1. The van der Waals surface area contributed by atoms with Crippen molar-refractivity contribution < 1.29 is 4.74 Å². The van der Waals surface area contributed by atoms with E-state index in [1.54, 1.807) is 0 Å². The normalized spacial score (nSPS) is 10.4. The Kier molecular flexibility index (Phi) is 6.88. The molecular weight excluding hydrogens is 356 g/mol. The predicted octanol–water partition coefficient (Wildman–Crippen LogP) is 1.96. The number of fused-ring (bicyclic) bond motifs is 1. The molecule has 0 radical (unpaired) electrons. The second-order valence-electron chi connectivity index (χ2n) is 5.41. The van der Waals surface area contributed by atoms with E-state index in [1.807, 2.05) is 31.2 Å². The zero-order valence-corrected chi connectivity index (χ0v) is 15.2. The summed E-state index contributed by atoms with van der Waals surface area (Å²) in [6.07, 6.45) is 2.34. The number of nitrogens with zero attached hydrogens (tertiary/aromatic N) is 3. The number of ether oxygens (including phenoxy) is 1. The van der Waals surface area contributed by atoms with Gasteiger partial charge in [0.05, 0.1) is 12.2 Å². The second-order valence-corrected chi connectivity index (χ2v) is 5.41. The number of hydrogen-bond acceptors (Lipinski definition) is 7. The number of H-pyrrole nitrogens is 1. The maximum Gasteiger partial charge on any atom is 0.262 e. The molecular formula is C17H21ClN6O2. The van der Waals surface area contributed by atoms with Crippen molar-refractivity contribution in [2.75, 3.05) is 25.0 Å². The standard InChI is InChI=1S/C17H20N6O2.ClH/c1-2-9-25-13-6-4-3-5-11(13)14-21-15-12(16(24)22-14)10-20-17(23-15)19-8-7-18;/h3-6,10H,2,7-9,18H2,1H3,(H2,19,20,21,22,23,24);1H. The highest BCUT2D eigenvalue weighted by Gasteiger charge is 2.12. The zero-order chi connectivity index (χ0) is 17.6. The van der Waals surface area contributed by atoms with E-state index in [0.717, 1.165) is 6.42 Å². The number of anilines is 1.